The predicted molar refractivity (Wildman–Crippen MR) is 74.1 cm³/mol. The van der Waals surface area contributed by atoms with E-state index in [1.54, 1.807) is 0 Å². The first kappa shape index (κ1) is 13.7. The van der Waals surface area contributed by atoms with Crippen molar-refractivity contribution in [3.05, 3.63) is 22.4 Å². The van der Waals surface area contributed by atoms with Gasteiger partial charge in [0.15, 0.2) is 0 Å². The second-order valence-corrected chi connectivity index (χ2v) is 6.02. The van der Waals surface area contributed by atoms with Gasteiger partial charge in [0, 0.05) is 4.88 Å². The summed E-state index contributed by atoms with van der Waals surface area (Å²) in [5, 5.41) is 5.74. The molecule has 1 nitrogen and oxygen atoms in total. The van der Waals surface area contributed by atoms with Crippen molar-refractivity contribution in [2.24, 2.45) is 11.8 Å². The van der Waals surface area contributed by atoms with Gasteiger partial charge in [0.25, 0.3) is 0 Å². The maximum Gasteiger partial charge on any atom is 0.00484 e. The lowest BCUT2D eigenvalue weighted by Gasteiger charge is -2.18. The molecule has 0 spiro atoms. The molecule has 1 unspecified atom stereocenters. The van der Waals surface area contributed by atoms with E-state index < -0.39 is 0 Å². The molecule has 0 aromatic carbocycles. The summed E-state index contributed by atoms with van der Waals surface area (Å²) in [4.78, 5) is 1.53. The van der Waals surface area contributed by atoms with E-state index in [2.05, 4.69) is 43.6 Å². The molecule has 1 atom stereocenters. The zero-order valence-electron chi connectivity index (χ0n) is 10.8. The van der Waals surface area contributed by atoms with Crippen LogP contribution in [0.15, 0.2) is 17.5 Å². The van der Waals surface area contributed by atoms with Gasteiger partial charge in [-0.25, -0.2) is 0 Å². The lowest BCUT2D eigenvalue weighted by Crippen LogP contribution is -2.25. The molecule has 16 heavy (non-hydrogen) atoms. The summed E-state index contributed by atoms with van der Waals surface area (Å²) in [6, 6.07) is 4.42. The molecule has 0 aliphatic heterocycles. The van der Waals surface area contributed by atoms with E-state index in [0.717, 1.165) is 18.4 Å². The summed E-state index contributed by atoms with van der Waals surface area (Å²) in [5.41, 5.74) is 0. The van der Waals surface area contributed by atoms with Crippen LogP contribution in [0.5, 0.6) is 0 Å². The highest BCUT2D eigenvalue weighted by molar-refractivity contribution is 7.09. The second-order valence-electron chi connectivity index (χ2n) is 4.98. The summed E-state index contributed by atoms with van der Waals surface area (Å²) >= 11 is 1.89. The van der Waals surface area contributed by atoms with Gasteiger partial charge < -0.3 is 5.32 Å². The van der Waals surface area contributed by atoms with Crippen LogP contribution in [0.2, 0.25) is 0 Å². The lowest BCUT2D eigenvalue weighted by molar-refractivity contribution is 0.387. The van der Waals surface area contributed by atoms with Crippen molar-refractivity contribution in [1.82, 2.24) is 5.32 Å². The molecule has 0 saturated carbocycles. The normalized spacial score (nSPS) is 13.2. The molecular formula is C14H25NS. The van der Waals surface area contributed by atoms with E-state index in [1.807, 2.05) is 11.3 Å². The zero-order chi connectivity index (χ0) is 11.8. The summed E-state index contributed by atoms with van der Waals surface area (Å²) < 4.78 is 0. The number of thiophene rings is 1. The Hall–Kier alpha value is -0.340. The van der Waals surface area contributed by atoms with Crippen LogP contribution in [0.3, 0.4) is 0 Å². The first-order valence-corrected chi connectivity index (χ1v) is 7.33. The Labute approximate surface area is 104 Å². The molecule has 0 aliphatic carbocycles. The van der Waals surface area contributed by atoms with Crippen LogP contribution in [0.1, 0.15) is 38.5 Å². The summed E-state index contributed by atoms with van der Waals surface area (Å²) in [7, 11) is 0. The van der Waals surface area contributed by atoms with Crippen LogP contribution in [-0.4, -0.2) is 13.1 Å². The van der Waals surface area contributed by atoms with E-state index in [1.165, 1.54) is 30.7 Å². The van der Waals surface area contributed by atoms with Crippen molar-refractivity contribution in [2.75, 3.05) is 13.1 Å². The van der Waals surface area contributed by atoms with Crippen molar-refractivity contribution >= 4 is 11.3 Å². The third kappa shape index (κ3) is 5.66. The Balaban J connectivity index is 2.37. The number of nitrogens with one attached hydrogen (secondary N) is 1. The molecule has 1 aromatic heterocycles. The Morgan fingerprint density at radius 3 is 2.75 bits per heavy atom. The van der Waals surface area contributed by atoms with Crippen LogP contribution in [-0.2, 0) is 6.42 Å². The van der Waals surface area contributed by atoms with Crippen molar-refractivity contribution in [3.8, 4) is 0 Å². The molecule has 1 rings (SSSR count). The van der Waals surface area contributed by atoms with Gasteiger partial charge in [0.05, 0.1) is 0 Å². The zero-order valence-corrected chi connectivity index (χ0v) is 11.6. The van der Waals surface area contributed by atoms with Gasteiger partial charge >= 0.3 is 0 Å². The highest BCUT2D eigenvalue weighted by Crippen LogP contribution is 2.19. The van der Waals surface area contributed by atoms with Gasteiger partial charge in [0.1, 0.15) is 0 Å². The molecule has 0 aliphatic rings. The van der Waals surface area contributed by atoms with E-state index >= 15 is 0 Å². The average molecular weight is 239 g/mol. The Morgan fingerprint density at radius 1 is 1.38 bits per heavy atom. The Bertz CT molecular complexity index is 254. The first-order valence-electron chi connectivity index (χ1n) is 6.45. The maximum absolute atomic E-state index is 3.56. The van der Waals surface area contributed by atoms with Gasteiger partial charge in [-0.15, -0.1) is 11.3 Å². The van der Waals surface area contributed by atoms with Crippen LogP contribution in [0, 0.1) is 11.8 Å². The maximum atomic E-state index is 3.56. The molecule has 2 heteroatoms. The monoisotopic (exact) mass is 239 g/mol. The standard InChI is InChI=1S/C14H25NS/c1-4-7-15-11-13(9-12(2)3)10-14-6-5-8-16-14/h5-6,8,12-13,15H,4,7,9-11H2,1-3H3. The smallest absolute Gasteiger partial charge is 0.00484 e. The minimum absolute atomic E-state index is 0.796. The molecule has 1 heterocycles. The van der Waals surface area contributed by atoms with Crippen LogP contribution < -0.4 is 5.32 Å². The van der Waals surface area contributed by atoms with E-state index in [-0.39, 0.29) is 0 Å². The Morgan fingerprint density at radius 2 is 2.19 bits per heavy atom. The molecule has 0 bridgehead atoms. The largest absolute Gasteiger partial charge is 0.316 e. The quantitative estimate of drug-likeness (QED) is 0.677. The predicted octanol–water partition coefficient (Wildman–Crippen LogP) is 3.95. The fraction of sp³-hybridized carbons (Fsp3) is 0.714. The minimum atomic E-state index is 0.796. The molecule has 0 radical (unpaired) electrons. The molecule has 0 fully saturated rings. The fourth-order valence-electron chi connectivity index (χ4n) is 2.10. The molecule has 1 aromatic rings. The van der Waals surface area contributed by atoms with Crippen LogP contribution in [0.25, 0.3) is 0 Å². The number of hydrogen-bond acceptors (Lipinski definition) is 2. The summed E-state index contributed by atoms with van der Waals surface area (Å²) in [6.07, 6.45) is 3.80. The third-order valence-electron chi connectivity index (χ3n) is 2.73. The van der Waals surface area contributed by atoms with E-state index in [0.29, 0.717) is 0 Å². The average Bonchev–Trinajstić information content (AvgIpc) is 2.69. The Kier molecular flexibility index (Phi) is 6.74. The van der Waals surface area contributed by atoms with E-state index in [4.69, 9.17) is 0 Å². The third-order valence-corrected chi connectivity index (χ3v) is 3.63. The number of hydrogen-bond donors (Lipinski definition) is 1. The van der Waals surface area contributed by atoms with Gasteiger partial charge in [-0.05, 0) is 55.6 Å². The number of rotatable bonds is 8. The van der Waals surface area contributed by atoms with Gasteiger partial charge in [-0.3, -0.25) is 0 Å². The SMILES string of the molecule is CCCNCC(Cc1cccs1)CC(C)C. The van der Waals surface area contributed by atoms with Gasteiger partial charge in [-0.2, -0.15) is 0 Å². The highest BCUT2D eigenvalue weighted by Gasteiger charge is 2.11. The summed E-state index contributed by atoms with van der Waals surface area (Å²) in [5.74, 6) is 1.60. The first-order chi connectivity index (χ1) is 7.72. The van der Waals surface area contributed by atoms with Crippen molar-refractivity contribution in [3.63, 3.8) is 0 Å². The second kappa shape index (κ2) is 7.86. The van der Waals surface area contributed by atoms with Crippen molar-refractivity contribution in [2.45, 2.75) is 40.0 Å². The molecule has 0 saturated heterocycles. The fourth-order valence-corrected chi connectivity index (χ4v) is 2.92. The molecule has 0 amide bonds. The minimum Gasteiger partial charge on any atom is -0.316 e. The van der Waals surface area contributed by atoms with Gasteiger partial charge in [-0.1, -0.05) is 26.8 Å². The highest BCUT2D eigenvalue weighted by atomic mass is 32.1. The van der Waals surface area contributed by atoms with Crippen molar-refractivity contribution in [1.29, 1.82) is 0 Å². The van der Waals surface area contributed by atoms with Crippen molar-refractivity contribution < 1.29 is 0 Å². The van der Waals surface area contributed by atoms with Crippen LogP contribution >= 0.6 is 11.3 Å². The van der Waals surface area contributed by atoms with Crippen LogP contribution in [0.4, 0.5) is 0 Å². The molecule has 1 N–H and O–H groups in total. The summed E-state index contributed by atoms with van der Waals surface area (Å²) in [6.45, 7) is 9.19. The topological polar surface area (TPSA) is 12.0 Å². The lowest BCUT2D eigenvalue weighted by atomic mass is 9.93. The van der Waals surface area contributed by atoms with Gasteiger partial charge in [0.2, 0.25) is 0 Å². The van der Waals surface area contributed by atoms with E-state index in [9.17, 15) is 0 Å². The molecule has 92 valence electrons. The molecular weight excluding hydrogens is 214 g/mol.